The van der Waals surface area contributed by atoms with E-state index in [4.69, 9.17) is 0 Å². The topological polar surface area (TPSA) is 61.4 Å². The molecule has 2 N–H and O–H groups in total. The Morgan fingerprint density at radius 2 is 1.95 bits per heavy atom. The first-order valence-corrected chi connectivity index (χ1v) is 6.79. The maximum absolute atomic E-state index is 11.7. The number of ketones is 1. The Bertz CT molecular complexity index is 458. The monoisotopic (exact) mass is 277 g/mol. The first kappa shape index (κ1) is 16.2. The Morgan fingerprint density at radius 1 is 1.20 bits per heavy atom. The van der Waals surface area contributed by atoms with Crippen molar-refractivity contribution >= 4 is 17.5 Å². The highest BCUT2D eigenvalue weighted by Crippen LogP contribution is 2.10. The van der Waals surface area contributed by atoms with Crippen LogP contribution in [0.1, 0.15) is 30.1 Å². The van der Waals surface area contributed by atoms with Gasteiger partial charge in [-0.05, 0) is 52.5 Å². The van der Waals surface area contributed by atoms with E-state index in [1.54, 1.807) is 24.3 Å². The van der Waals surface area contributed by atoms with E-state index in [9.17, 15) is 9.59 Å². The number of Topliss-reactive ketones (excluding diaryl/α,β-unsaturated/α-hetero) is 1. The average molecular weight is 277 g/mol. The normalized spacial score (nSPS) is 10.4. The minimum atomic E-state index is -0.240. The molecular weight excluding hydrogens is 254 g/mol. The number of anilines is 1. The zero-order valence-corrected chi connectivity index (χ0v) is 12.4. The molecule has 0 saturated carbocycles. The molecule has 5 heteroatoms. The summed E-state index contributed by atoms with van der Waals surface area (Å²) in [6, 6.07) is 6.68. The van der Waals surface area contributed by atoms with Gasteiger partial charge in [-0.2, -0.15) is 0 Å². The molecule has 0 aromatic heterocycles. The van der Waals surface area contributed by atoms with Gasteiger partial charge < -0.3 is 15.5 Å². The molecule has 0 aliphatic rings. The van der Waals surface area contributed by atoms with Crippen LogP contribution < -0.4 is 10.6 Å². The van der Waals surface area contributed by atoms with E-state index in [0.29, 0.717) is 17.8 Å². The number of carbonyl (C=O) groups is 2. The molecule has 0 saturated heterocycles. The van der Waals surface area contributed by atoms with Crippen molar-refractivity contribution in [2.75, 3.05) is 32.5 Å². The second kappa shape index (κ2) is 8.32. The molecule has 0 heterocycles. The van der Waals surface area contributed by atoms with E-state index in [2.05, 4.69) is 15.5 Å². The Hall–Kier alpha value is -1.88. The molecule has 1 aromatic rings. The molecule has 2 amide bonds. The van der Waals surface area contributed by atoms with Crippen molar-refractivity contribution in [1.29, 1.82) is 0 Å². The van der Waals surface area contributed by atoms with Crippen LogP contribution in [0.3, 0.4) is 0 Å². The first-order chi connectivity index (χ1) is 9.49. The van der Waals surface area contributed by atoms with Crippen LogP contribution in [0.4, 0.5) is 10.5 Å². The zero-order chi connectivity index (χ0) is 15.0. The van der Waals surface area contributed by atoms with E-state index in [-0.39, 0.29) is 11.8 Å². The third kappa shape index (κ3) is 6.33. The van der Waals surface area contributed by atoms with Crippen molar-refractivity contribution < 1.29 is 9.59 Å². The summed E-state index contributed by atoms with van der Waals surface area (Å²) in [6.07, 6.45) is 1.99. The number of unbranched alkanes of at least 4 members (excludes halogenated alkanes) is 1. The van der Waals surface area contributed by atoms with E-state index >= 15 is 0 Å². The van der Waals surface area contributed by atoms with Gasteiger partial charge in [-0.1, -0.05) is 12.1 Å². The minimum absolute atomic E-state index is 0.0160. The highest BCUT2D eigenvalue weighted by Gasteiger charge is 2.04. The lowest BCUT2D eigenvalue weighted by Crippen LogP contribution is -2.30. The number of rotatable bonds is 7. The molecule has 110 valence electrons. The van der Waals surface area contributed by atoms with Crippen LogP contribution in [-0.4, -0.2) is 43.9 Å². The molecule has 1 rings (SSSR count). The maximum Gasteiger partial charge on any atom is 0.319 e. The summed E-state index contributed by atoms with van der Waals surface area (Å²) in [5, 5.41) is 5.52. The van der Waals surface area contributed by atoms with E-state index in [1.165, 1.54) is 6.92 Å². The number of hydrogen-bond acceptors (Lipinski definition) is 3. The van der Waals surface area contributed by atoms with Crippen LogP contribution in [0.15, 0.2) is 24.3 Å². The summed E-state index contributed by atoms with van der Waals surface area (Å²) in [5.41, 5.74) is 1.22. The van der Waals surface area contributed by atoms with Crippen molar-refractivity contribution in [3.8, 4) is 0 Å². The van der Waals surface area contributed by atoms with Crippen molar-refractivity contribution in [1.82, 2.24) is 10.2 Å². The van der Waals surface area contributed by atoms with Crippen molar-refractivity contribution in [3.05, 3.63) is 29.8 Å². The Morgan fingerprint density at radius 3 is 2.60 bits per heavy atom. The molecule has 0 unspecified atom stereocenters. The van der Waals surface area contributed by atoms with Gasteiger partial charge in [0.2, 0.25) is 0 Å². The zero-order valence-electron chi connectivity index (χ0n) is 12.4. The van der Waals surface area contributed by atoms with Gasteiger partial charge in [0.15, 0.2) is 5.78 Å². The summed E-state index contributed by atoms with van der Waals surface area (Å²) < 4.78 is 0. The van der Waals surface area contributed by atoms with Crippen LogP contribution in [0.25, 0.3) is 0 Å². The molecule has 0 aliphatic heterocycles. The fraction of sp³-hybridized carbons (Fsp3) is 0.467. The Labute approximate surface area is 120 Å². The number of carbonyl (C=O) groups excluding carboxylic acids is 2. The number of benzene rings is 1. The molecule has 0 fully saturated rings. The lowest BCUT2D eigenvalue weighted by molar-refractivity contribution is 0.101. The van der Waals surface area contributed by atoms with E-state index in [0.717, 1.165) is 19.4 Å². The van der Waals surface area contributed by atoms with Crippen molar-refractivity contribution in [2.24, 2.45) is 0 Å². The number of urea groups is 1. The fourth-order valence-corrected chi connectivity index (χ4v) is 1.75. The number of nitrogens with zero attached hydrogens (tertiary/aromatic N) is 1. The highest BCUT2D eigenvalue weighted by atomic mass is 16.2. The molecule has 1 aromatic carbocycles. The predicted molar refractivity (Wildman–Crippen MR) is 81.3 cm³/mol. The van der Waals surface area contributed by atoms with Gasteiger partial charge in [-0.15, -0.1) is 0 Å². The van der Waals surface area contributed by atoms with Crippen molar-refractivity contribution in [2.45, 2.75) is 19.8 Å². The molecule has 0 aliphatic carbocycles. The summed E-state index contributed by atoms with van der Waals surface area (Å²) in [6.45, 7) is 3.17. The molecular formula is C15H23N3O2. The average Bonchev–Trinajstić information content (AvgIpc) is 2.38. The van der Waals surface area contributed by atoms with Gasteiger partial charge in [-0.3, -0.25) is 4.79 Å². The summed E-state index contributed by atoms with van der Waals surface area (Å²) in [4.78, 5) is 25.0. The van der Waals surface area contributed by atoms with Crippen molar-refractivity contribution in [3.63, 3.8) is 0 Å². The summed E-state index contributed by atoms with van der Waals surface area (Å²) in [5.74, 6) is -0.0160. The largest absolute Gasteiger partial charge is 0.338 e. The maximum atomic E-state index is 11.7. The standard InChI is InChI=1S/C15H23N3O2/c1-12(19)13-7-6-8-14(11-13)17-15(20)16-9-4-5-10-18(2)3/h6-8,11H,4-5,9-10H2,1-3H3,(H2,16,17,20). The highest BCUT2D eigenvalue weighted by molar-refractivity contribution is 5.96. The van der Waals surface area contributed by atoms with Crippen LogP contribution in [0.5, 0.6) is 0 Å². The first-order valence-electron chi connectivity index (χ1n) is 6.79. The van der Waals surface area contributed by atoms with Crippen LogP contribution in [0, 0.1) is 0 Å². The quantitative estimate of drug-likeness (QED) is 0.594. The summed E-state index contributed by atoms with van der Waals surface area (Å²) in [7, 11) is 4.06. The van der Waals surface area contributed by atoms with Gasteiger partial charge in [0.1, 0.15) is 0 Å². The van der Waals surface area contributed by atoms with E-state index < -0.39 is 0 Å². The molecule has 0 spiro atoms. The number of amides is 2. The number of nitrogens with one attached hydrogen (secondary N) is 2. The lowest BCUT2D eigenvalue weighted by atomic mass is 10.1. The van der Waals surface area contributed by atoms with Gasteiger partial charge >= 0.3 is 6.03 Å². The fourth-order valence-electron chi connectivity index (χ4n) is 1.75. The van der Waals surface area contributed by atoms with Gasteiger partial charge in [0.25, 0.3) is 0 Å². The SMILES string of the molecule is CC(=O)c1cccc(NC(=O)NCCCCN(C)C)c1. The van der Waals surface area contributed by atoms with Crippen LogP contribution in [0.2, 0.25) is 0 Å². The Balaban J connectivity index is 2.32. The molecule has 5 nitrogen and oxygen atoms in total. The number of hydrogen-bond donors (Lipinski definition) is 2. The third-order valence-corrected chi connectivity index (χ3v) is 2.84. The summed E-state index contributed by atoms with van der Waals surface area (Å²) >= 11 is 0. The van der Waals surface area contributed by atoms with E-state index in [1.807, 2.05) is 14.1 Å². The van der Waals surface area contributed by atoms with Gasteiger partial charge in [0, 0.05) is 17.8 Å². The second-order valence-electron chi connectivity index (χ2n) is 5.03. The molecule has 0 radical (unpaired) electrons. The minimum Gasteiger partial charge on any atom is -0.338 e. The smallest absolute Gasteiger partial charge is 0.319 e. The molecule has 0 atom stereocenters. The predicted octanol–water partition coefficient (Wildman–Crippen LogP) is 2.35. The molecule has 0 bridgehead atoms. The second-order valence-corrected chi connectivity index (χ2v) is 5.03. The lowest BCUT2D eigenvalue weighted by Gasteiger charge is -2.10. The van der Waals surface area contributed by atoms with Gasteiger partial charge in [0.05, 0.1) is 0 Å². The molecule has 20 heavy (non-hydrogen) atoms. The van der Waals surface area contributed by atoms with Crippen LogP contribution in [-0.2, 0) is 0 Å². The third-order valence-electron chi connectivity index (χ3n) is 2.84. The van der Waals surface area contributed by atoms with Crippen LogP contribution >= 0.6 is 0 Å². The Kier molecular flexibility index (Phi) is 6.73. The van der Waals surface area contributed by atoms with Gasteiger partial charge in [-0.25, -0.2) is 4.79 Å².